The van der Waals surface area contributed by atoms with Crippen LogP contribution in [0.1, 0.15) is 78.3 Å². The maximum absolute atomic E-state index is 13.9. The number of carbonyl (C=O) groups is 2. The minimum Gasteiger partial charge on any atom is -0.508 e. The number of likely N-dealkylation sites (tertiary alicyclic amines) is 1. The van der Waals surface area contributed by atoms with Gasteiger partial charge in [-0.1, -0.05) is 51.5 Å². The van der Waals surface area contributed by atoms with Crippen LogP contribution in [0.15, 0.2) is 42.5 Å². The number of aromatic hydroxyl groups is 1. The number of piperidine rings is 1. The van der Waals surface area contributed by atoms with Gasteiger partial charge in [-0.3, -0.25) is 9.59 Å². The molecule has 5 nitrogen and oxygen atoms in total. The predicted octanol–water partition coefficient (Wildman–Crippen LogP) is 5.39. The van der Waals surface area contributed by atoms with Crippen LogP contribution >= 0.6 is 0 Å². The van der Waals surface area contributed by atoms with Crippen LogP contribution in [0, 0.1) is 17.3 Å². The zero-order chi connectivity index (χ0) is 25.0. The van der Waals surface area contributed by atoms with E-state index in [1.807, 2.05) is 29.2 Å². The average molecular weight is 476 g/mol. The smallest absolute Gasteiger partial charge is 0.254 e. The van der Waals surface area contributed by atoms with Gasteiger partial charge in [0.25, 0.3) is 5.91 Å². The summed E-state index contributed by atoms with van der Waals surface area (Å²) in [5.74, 6) is 0.634. The van der Waals surface area contributed by atoms with Gasteiger partial charge in [-0.2, -0.15) is 0 Å². The Morgan fingerprint density at radius 2 is 1.83 bits per heavy atom. The normalized spacial score (nSPS) is 29.0. The van der Waals surface area contributed by atoms with Crippen LogP contribution in [0.2, 0.25) is 0 Å². The van der Waals surface area contributed by atoms with Crippen molar-refractivity contribution in [3.05, 3.63) is 64.7 Å². The molecule has 3 aliphatic rings. The molecule has 1 aliphatic heterocycles. The van der Waals surface area contributed by atoms with Crippen LogP contribution in [0.25, 0.3) is 0 Å². The van der Waals surface area contributed by atoms with Crippen molar-refractivity contribution in [3.63, 3.8) is 0 Å². The number of phenols is 1. The highest BCUT2D eigenvalue weighted by atomic mass is 16.5. The number of fused-ring (bicyclic) bond motifs is 4. The third-order valence-electron chi connectivity index (χ3n) is 9.66. The summed E-state index contributed by atoms with van der Waals surface area (Å²) >= 11 is 0. The number of methoxy groups -OCH3 is 1. The van der Waals surface area contributed by atoms with Crippen molar-refractivity contribution in [1.29, 1.82) is 0 Å². The molecule has 1 saturated carbocycles. The van der Waals surface area contributed by atoms with Crippen molar-refractivity contribution in [1.82, 2.24) is 4.90 Å². The van der Waals surface area contributed by atoms with Gasteiger partial charge in [0.1, 0.15) is 5.75 Å². The molecule has 2 bridgehead atoms. The summed E-state index contributed by atoms with van der Waals surface area (Å²) in [5, 5.41) is 10.6. The molecule has 0 radical (unpaired) electrons. The summed E-state index contributed by atoms with van der Waals surface area (Å²) in [6.07, 6.45) is 4.41. The van der Waals surface area contributed by atoms with E-state index in [4.69, 9.17) is 4.74 Å². The van der Waals surface area contributed by atoms with E-state index in [9.17, 15) is 14.7 Å². The summed E-state index contributed by atoms with van der Waals surface area (Å²) in [6.45, 7) is 8.04. The molecule has 1 unspecified atom stereocenters. The molecule has 2 aliphatic carbocycles. The van der Waals surface area contributed by atoms with Crippen LogP contribution in [-0.4, -0.2) is 48.0 Å². The van der Waals surface area contributed by atoms with Gasteiger partial charge in [0, 0.05) is 48.8 Å². The highest BCUT2D eigenvalue weighted by Crippen LogP contribution is 2.57. The standard InChI is InChI=1S/C30H37NO4/c1-29(2)26-17-23-24(12-7-13-25(23)32)30(29,3)14-15-31(26)28(34)20-9-5-8-19(16-20)27(33)22-11-6-10-21(22)18-35-4/h5,7-9,12-13,16,21-22,26,32H,6,10-11,14-15,17-18H2,1-4H3/t21-,22?,26-,30+/m1/s1. The monoisotopic (exact) mass is 475 g/mol. The molecule has 35 heavy (non-hydrogen) atoms. The summed E-state index contributed by atoms with van der Waals surface area (Å²) in [7, 11) is 1.69. The van der Waals surface area contributed by atoms with E-state index in [-0.39, 0.29) is 40.4 Å². The molecule has 2 aromatic rings. The molecule has 1 N–H and O–H groups in total. The number of ketones is 1. The van der Waals surface area contributed by atoms with E-state index in [1.54, 1.807) is 19.2 Å². The van der Waals surface area contributed by atoms with E-state index < -0.39 is 0 Å². The molecule has 0 spiro atoms. The fraction of sp³-hybridized carbons (Fsp3) is 0.533. The molecule has 2 aromatic carbocycles. The summed E-state index contributed by atoms with van der Waals surface area (Å²) in [5.41, 5.74) is 3.08. The zero-order valence-corrected chi connectivity index (χ0v) is 21.3. The minimum absolute atomic E-state index is 0.0292. The van der Waals surface area contributed by atoms with Gasteiger partial charge in [0.2, 0.25) is 0 Å². The number of phenolic OH excluding ortho intramolecular Hbond substituents is 1. The van der Waals surface area contributed by atoms with Crippen LogP contribution in [0.5, 0.6) is 5.75 Å². The number of hydrogen-bond acceptors (Lipinski definition) is 4. The first kappa shape index (κ1) is 24.1. The summed E-state index contributed by atoms with van der Waals surface area (Å²) < 4.78 is 5.35. The van der Waals surface area contributed by atoms with Crippen molar-refractivity contribution in [3.8, 4) is 5.75 Å². The number of ether oxygens (including phenoxy) is 1. The number of nitrogens with zero attached hydrogens (tertiary/aromatic N) is 1. The summed E-state index contributed by atoms with van der Waals surface area (Å²) in [6, 6.07) is 13.1. The van der Waals surface area contributed by atoms with E-state index in [0.717, 1.165) is 31.2 Å². The molecule has 5 heteroatoms. The molecular weight excluding hydrogens is 438 g/mol. The second kappa shape index (κ2) is 8.77. The average Bonchev–Trinajstić information content (AvgIpc) is 3.30. The van der Waals surface area contributed by atoms with Gasteiger partial charge in [-0.25, -0.2) is 0 Å². The van der Waals surface area contributed by atoms with E-state index >= 15 is 0 Å². The van der Waals surface area contributed by atoms with Crippen molar-refractivity contribution in [2.45, 2.75) is 64.3 Å². The Bertz CT molecular complexity index is 1150. The Morgan fingerprint density at radius 1 is 1.09 bits per heavy atom. The largest absolute Gasteiger partial charge is 0.508 e. The number of benzene rings is 2. The van der Waals surface area contributed by atoms with Gasteiger partial charge < -0.3 is 14.7 Å². The number of rotatable bonds is 5. The molecule has 0 aromatic heterocycles. The van der Waals surface area contributed by atoms with Gasteiger partial charge in [-0.15, -0.1) is 0 Å². The third-order valence-corrected chi connectivity index (χ3v) is 9.66. The van der Waals surface area contributed by atoms with Crippen molar-refractivity contribution < 1.29 is 19.4 Å². The number of carbonyl (C=O) groups excluding carboxylic acids is 2. The Morgan fingerprint density at radius 3 is 2.60 bits per heavy atom. The van der Waals surface area contributed by atoms with Crippen LogP contribution in [0.3, 0.4) is 0 Å². The van der Waals surface area contributed by atoms with Crippen molar-refractivity contribution in [2.75, 3.05) is 20.3 Å². The Balaban J connectivity index is 1.44. The van der Waals surface area contributed by atoms with Crippen LogP contribution < -0.4 is 0 Å². The van der Waals surface area contributed by atoms with Gasteiger partial charge in [-0.05, 0) is 66.3 Å². The maximum atomic E-state index is 13.9. The zero-order valence-electron chi connectivity index (χ0n) is 21.3. The fourth-order valence-electron chi connectivity index (χ4n) is 7.15. The van der Waals surface area contributed by atoms with Crippen LogP contribution in [0.4, 0.5) is 0 Å². The van der Waals surface area contributed by atoms with Crippen molar-refractivity contribution in [2.24, 2.45) is 17.3 Å². The lowest BCUT2D eigenvalue weighted by atomic mass is 9.51. The number of amides is 1. The first-order valence-electron chi connectivity index (χ1n) is 12.9. The van der Waals surface area contributed by atoms with E-state index in [1.165, 1.54) is 5.56 Å². The Labute approximate surface area is 208 Å². The fourth-order valence-corrected chi connectivity index (χ4v) is 7.15. The maximum Gasteiger partial charge on any atom is 0.254 e. The molecule has 1 heterocycles. The second-order valence-corrected chi connectivity index (χ2v) is 11.5. The van der Waals surface area contributed by atoms with Gasteiger partial charge in [0.05, 0.1) is 0 Å². The molecule has 1 saturated heterocycles. The minimum atomic E-state index is -0.160. The lowest BCUT2D eigenvalue weighted by molar-refractivity contribution is -0.0266. The Kier molecular flexibility index (Phi) is 6.03. The first-order chi connectivity index (χ1) is 16.7. The van der Waals surface area contributed by atoms with Gasteiger partial charge in [0.15, 0.2) is 5.78 Å². The SMILES string of the molecule is COC[C@H]1CCCC1C(=O)c1cccc(C(=O)N2CC[C@@]3(C)c4cccc(O)c4C[C@@H]2C3(C)C)c1. The quantitative estimate of drug-likeness (QED) is 0.589. The highest BCUT2D eigenvalue weighted by molar-refractivity contribution is 6.02. The lowest BCUT2D eigenvalue weighted by Crippen LogP contribution is -2.64. The Hall–Kier alpha value is -2.66. The molecule has 186 valence electrons. The predicted molar refractivity (Wildman–Crippen MR) is 136 cm³/mol. The molecule has 5 rings (SSSR count). The lowest BCUT2D eigenvalue weighted by Gasteiger charge is -2.60. The molecule has 1 amide bonds. The van der Waals surface area contributed by atoms with Crippen molar-refractivity contribution >= 4 is 11.7 Å². The van der Waals surface area contributed by atoms with Gasteiger partial charge >= 0.3 is 0 Å². The third kappa shape index (κ3) is 3.70. The first-order valence-corrected chi connectivity index (χ1v) is 12.9. The second-order valence-electron chi connectivity index (χ2n) is 11.5. The molecular formula is C30H37NO4. The topological polar surface area (TPSA) is 66.8 Å². The summed E-state index contributed by atoms with van der Waals surface area (Å²) in [4.78, 5) is 29.2. The highest BCUT2D eigenvalue weighted by Gasteiger charge is 2.57. The van der Waals surface area contributed by atoms with Crippen LogP contribution in [-0.2, 0) is 16.6 Å². The molecule has 4 atom stereocenters. The van der Waals surface area contributed by atoms with E-state index in [2.05, 4.69) is 26.8 Å². The number of Topliss-reactive ketones (excluding diaryl/α,β-unsaturated/α-hetero) is 1. The molecule has 2 fully saturated rings. The number of hydrogen-bond donors (Lipinski definition) is 1. The van der Waals surface area contributed by atoms with E-state index in [0.29, 0.717) is 36.4 Å².